The molecule has 0 bridgehead atoms. The van der Waals surface area contributed by atoms with Crippen LogP contribution in [-0.4, -0.2) is 36.4 Å². The second-order valence-electron chi connectivity index (χ2n) is 7.08. The quantitative estimate of drug-likeness (QED) is 0.743. The standard InChI is InChI=1S/C22H24FN3O/c1-14-8-9-20-18(10-14)19(11-15(2)25-20)22(27)24-13-21(26(3)4)16-6-5-7-17(23)12-16/h5-12,21H,13H2,1-4H3,(H,24,27)/t21-/m1/s1. The molecule has 0 fully saturated rings. The molecule has 3 rings (SSSR count). The molecular formula is C22H24FN3O. The van der Waals surface area contributed by atoms with Crippen LogP contribution in [0.3, 0.4) is 0 Å². The Hall–Kier alpha value is -2.79. The van der Waals surface area contributed by atoms with Crippen LogP contribution >= 0.6 is 0 Å². The van der Waals surface area contributed by atoms with Crippen LogP contribution in [0.4, 0.5) is 4.39 Å². The third-order valence-corrected chi connectivity index (χ3v) is 4.65. The number of hydrogen-bond donors (Lipinski definition) is 1. The van der Waals surface area contributed by atoms with E-state index in [0.717, 1.165) is 27.7 Å². The maximum absolute atomic E-state index is 13.6. The van der Waals surface area contributed by atoms with E-state index in [0.29, 0.717) is 12.1 Å². The Morgan fingerprint density at radius 1 is 1.15 bits per heavy atom. The molecule has 1 amide bonds. The molecule has 140 valence electrons. The summed E-state index contributed by atoms with van der Waals surface area (Å²) < 4.78 is 13.6. The summed E-state index contributed by atoms with van der Waals surface area (Å²) in [6, 6.07) is 14.1. The number of nitrogens with one attached hydrogen (secondary N) is 1. The van der Waals surface area contributed by atoms with Crippen LogP contribution < -0.4 is 5.32 Å². The molecule has 1 N–H and O–H groups in total. The number of pyridine rings is 1. The second-order valence-corrected chi connectivity index (χ2v) is 7.08. The number of likely N-dealkylation sites (N-methyl/N-ethyl adjacent to an activating group) is 1. The van der Waals surface area contributed by atoms with Crippen molar-refractivity contribution in [1.29, 1.82) is 0 Å². The number of halogens is 1. The van der Waals surface area contributed by atoms with E-state index in [4.69, 9.17) is 0 Å². The fourth-order valence-electron chi connectivity index (χ4n) is 3.26. The summed E-state index contributed by atoms with van der Waals surface area (Å²) in [6.07, 6.45) is 0. The minimum absolute atomic E-state index is 0.124. The molecule has 1 heterocycles. The van der Waals surface area contributed by atoms with E-state index in [2.05, 4.69) is 10.3 Å². The van der Waals surface area contributed by atoms with E-state index in [-0.39, 0.29) is 17.8 Å². The molecule has 0 radical (unpaired) electrons. The Morgan fingerprint density at radius 3 is 2.63 bits per heavy atom. The largest absolute Gasteiger partial charge is 0.350 e. The van der Waals surface area contributed by atoms with Gasteiger partial charge in [-0.25, -0.2) is 4.39 Å². The third-order valence-electron chi connectivity index (χ3n) is 4.65. The number of nitrogens with zero attached hydrogens (tertiary/aromatic N) is 2. The fourth-order valence-corrected chi connectivity index (χ4v) is 3.26. The van der Waals surface area contributed by atoms with Crippen LogP contribution in [0, 0.1) is 19.7 Å². The van der Waals surface area contributed by atoms with Gasteiger partial charge in [0.05, 0.1) is 17.1 Å². The van der Waals surface area contributed by atoms with Gasteiger partial charge in [-0.2, -0.15) is 0 Å². The first-order chi connectivity index (χ1) is 12.8. The van der Waals surface area contributed by atoms with Gasteiger partial charge in [0, 0.05) is 17.6 Å². The van der Waals surface area contributed by atoms with Gasteiger partial charge in [-0.15, -0.1) is 0 Å². The van der Waals surface area contributed by atoms with Crippen molar-refractivity contribution in [1.82, 2.24) is 15.2 Å². The van der Waals surface area contributed by atoms with Gasteiger partial charge in [0.1, 0.15) is 5.82 Å². The maximum Gasteiger partial charge on any atom is 0.252 e. The van der Waals surface area contributed by atoms with Gasteiger partial charge in [0.2, 0.25) is 0 Å². The predicted molar refractivity (Wildman–Crippen MR) is 106 cm³/mol. The molecule has 1 aromatic heterocycles. The summed E-state index contributed by atoms with van der Waals surface area (Å²) in [5, 5.41) is 3.84. The molecule has 3 aromatic rings. The number of benzene rings is 2. The topological polar surface area (TPSA) is 45.2 Å². The minimum Gasteiger partial charge on any atom is -0.350 e. The highest BCUT2D eigenvalue weighted by atomic mass is 19.1. The number of carbonyl (C=O) groups excluding carboxylic acids is 1. The SMILES string of the molecule is Cc1ccc2nc(C)cc(C(=O)NC[C@H](c3cccc(F)c3)N(C)C)c2c1. The van der Waals surface area contributed by atoms with Crippen molar-refractivity contribution in [3.8, 4) is 0 Å². The van der Waals surface area contributed by atoms with Crippen molar-refractivity contribution in [2.75, 3.05) is 20.6 Å². The number of hydrogen-bond acceptors (Lipinski definition) is 3. The van der Waals surface area contributed by atoms with Crippen LogP contribution in [0.25, 0.3) is 10.9 Å². The van der Waals surface area contributed by atoms with Crippen LogP contribution in [0.5, 0.6) is 0 Å². The van der Waals surface area contributed by atoms with E-state index in [1.165, 1.54) is 12.1 Å². The van der Waals surface area contributed by atoms with Crippen molar-refractivity contribution < 1.29 is 9.18 Å². The smallest absolute Gasteiger partial charge is 0.252 e. The van der Waals surface area contributed by atoms with E-state index in [9.17, 15) is 9.18 Å². The lowest BCUT2D eigenvalue weighted by Crippen LogP contribution is -2.34. The summed E-state index contributed by atoms with van der Waals surface area (Å²) >= 11 is 0. The second kappa shape index (κ2) is 7.84. The Bertz CT molecular complexity index is 984. The summed E-state index contributed by atoms with van der Waals surface area (Å²) in [7, 11) is 3.83. The first-order valence-corrected chi connectivity index (χ1v) is 8.93. The molecule has 5 heteroatoms. The lowest BCUT2D eigenvalue weighted by atomic mass is 10.0. The summed E-state index contributed by atoms with van der Waals surface area (Å²) in [6.45, 7) is 4.25. The summed E-state index contributed by atoms with van der Waals surface area (Å²) in [5.74, 6) is -0.434. The van der Waals surface area contributed by atoms with Crippen molar-refractivity contribution in [3.05, 3.63) is 76.7 Å². The van der Waals surface area contributed by atoms with Crippen LogP contribution in [0.2, 0.25) is 0 Å². The number of fused-ring (bicyclic) bond motifs is 1. The molecule has 0 aliphatic rings. The predicted octanol–water partition coefficient (Wildman–Crippen LogP) is 4.02. The average molecular weight is 365 g/mol. The van der Waals surface area contributed by atoms with Gasteiger partial charge in [-0.05, 0) is 63.8 Å². The zero-order valence-electron chi connectivity index (χ0n) is 16.1. The normalized spacial score (nSPS) is 12.4. The molecule has 0 aliphatic carbocycles. The molecule has 27 heavy (non-hydrogen) atoms. The molecule has 2 aromatic carbocycles. The zero-order chi connectivity index (χ0) is 19.6. The first kappa shape index (κ1) is 19.0. The molecule has 0 unspecified atom stereocenters. The van der Waals surface area contributed by atoms with E-state index in [1.54, 1.807) is 6.07 Å². The zero-order valence-corrected chi connectivity index (χ0v) is 16.1. The Labute approximate surface area is 159 Å². The van der Waals surface area contributed by atoms with Gasteiger partial charge in [-0.1, -0.05) is 23.8 Å². The number of amides is 1. The van der Waals surface area contributed by atoms with E-state index in [1.807, 2.05) is 63.2 Å². The highest BCUT2D eigenvalue weighted by Crippen LogP contribution is 2.21. The molecule has 0 saturated carbocycles. The highest BCUT2D eigenvalue weighted by molar-refractivity contribution is 6.06. The molecule has 1 atom stereocenters. The number of carbonyl (C=O) groups is 1. The molecule has 0 saturated heterocycles. The highest BCUT2D eigenvalue weighted by Gasteiger charge is 2.18. The van der Waals surface area contributed by atoms with Crippen molar-refractivity contribution in [3.63, 3.8) is 0 Å². The molecule has 4 nitrogen and oxygen atoms in total. The Kier molecular flexibility index (Phi) is 5.51. The first-order valence-electron chi connectivity index (χ1n) is 8.93. The number of rotatable bonds is 5. The molecule has 0 spiro atoms. The van der Waals surface area contributed by atoms with E-state index >= 15 is 0 Å². The Balaban J connectivity index is 1.86. The van der Waals surface area contributed by atoms with Crippen LogP contribution in [-0.2, 0) is 0 Å². The molecular weight excluding hydrogens is 341 g/mol. The lowest BCUT2D eigenvalue weighted by molar-refractivity contribution is 0.0943. The lowest BCUT2D eigenvalue weighted by Gasteiger charge is -2.25. The number of aryl methyl sites for hydroxylation is 2. The number of aromatic nitrogens is 1. The van der Waals surface area contributed by atoms with Gasteiger partial charge < -0.3 is 10.2 Å². The van der Waals surface area contributed by atoms with Gasteiger partial charge in [-0.3, -0.25) is 9.78 Å². The summed E-state index contributed by atoms with van der Waals surface area (Å²) in [5.41, 5.74) is 4.11. The maximum atomic E-state index is 13.6. The van der Waals surface area contributed by atoms with Crippen LogP contribution in [0.1, 0.15) is 33.2 Å². The van der Waals surface area contributed by atoms with Crippen molar-refractivity contribution in [2.45, 2.75) is 19.9 Å². The van der Waals surface area contributed by atoms with Crippen LogP contribution in [0.15, 0.2) is 48.5 Å². The summed E-state index contributed by atoms with van der Waals surface area (Å²) in [4.78, 5) is 19.4. The Morgan fingerprint density at radius 2 is 1.93 bits per heavy atom. The van der Waals surface area contributed by atoms with Gasteiger partial charge >= 0.3 is 0 Å². The van der Waals surface area contributed by atoms with E-state index < -0.39 is 0 Å². The molecule has 0 aliphatic heterocycles. The monoisotopic (exact) mass is 365 g/mol. The van der Waals surface area contributed by atoms with Crippen molar-refractivity contribution >= 4 is 16.8 Å². The minimum atomic E-state index is -0.281. The third kappa shape index (κ3) is 4.31. The van der Waals surface area contributed by atoms with Gasteiger partial charge in [0.15, 0.2) is 0 Å². The van der Waals surface area contributed by atoms with Gasteiger partial charge in [0.25, 0.3) is 5.91 Å². The average Bonchev–Trinajstić information content (AvgIpc) is 2.61. The fraction of sp³-hybridized carbons (Fsp3) is 0.273. The van der Waals surface area contributed by atoms with Crippen molar-refractivity contribution in [2.24, 2.45) is 0 Å².